The number of nitrogens with zero attached hydrogens (tertiary/aromatic N) is 2. The third-order valence-electron chi connectivity index (χ3n) is 3.72. The lowest BCUT2D eigenvalue weighted by molar-refractivity contribution is -0.192. The summed E-state index contributed by atoms with van der Waals surface area (Å²) in [6, 6.07) is 7.96. The number of hydrogen-bond donors (Lipinski definition) is 3. The predicted octanol–water partition coefficient (Wildman–Crippen LogP) is 4.95. The molecule has 1 aromatic carbocycles. The van der Waals surface area contributed by atoms with Gasteiger partial charge in [0.15, 0.2) is 0 Å². The topological polar surface area (TPSA) is 104 Å². The second kappa shape index (κ2) is 11.2. The molecule has 3 rings (SSSR count). The highest BCUT2D eigenvalue weighted by atomic mass is 35.5. The third-order valence-corrected chi connectivity index (χ3v) is 3.93. The van der Waals surface area contributed by atoms with E-state index in [9.17, 15) is 26.7 Å². The number of hydrogen-bond acceptors (Lipinski definition) is 4. The summed E-state index contributed by atoms with van der Waals surface area (Å²) in [6.45, 7) is 0. The molecule has 0 saturated carbocycles. The molecule has 3 aromatic rings. The van der Waals surface area contributed by atoms with Crippen LogP contribution in [0, 0.1) is 11.6 Å². The fourth-order valence-electron chi connectivity index (χ4n) is 2.40. The minimum Gasteiger partial charge on any atom is -0.475 e. The molecule has 2 amide bonds. The van der Waals surface area contributed by atoms with Crippen LogP contribution in [0.15, 0.2) is 61.1 Å². The zero-order valence-corrected chi connectivity index (χ0v) is 17.0. The predicted molar refractivity (Wildman–Crippen MR) is 108 cm³/mol. The van der Waals surface area contributed by atoms with Gasteiger partial charge < -0.3 is 15.7 Å². The second-order valence-corrected chi connectivity index (χ2v) is 6.59. The number of urea groups is 1. The number of alkyl halides is 3. The number of carbonyl (C=O) groups is 2. The Morgan fingerprint density at radius 3 is 2.27 bits per heavy atom. The summed E-state index contributed by atoms with van der Waals surface area (Å²) >= 11 is 5.90. The molecule has 2 heterocycles. The lowest BCUT2D eigenvalue weighted by Gasteiger charge is -2.20. The molecule has 0 bridgehead atoms. The molecule has 0 aliphatic carbocycles. The van der Waals surface area contributed by atoms with E-state index in [2.05, 4.69) is 20.6 Å². The van der Waals surface area contributed by atoms with Crippen molar-refractivity contribution in [1.82, 2.24) is 15.3 Å². The molecule has 0 aliphatic heterocycles. The van der Waals surface area contributed by atoms with Gasteiger partial charge in [-0.15, -0.1) is 0 Å². The van der Waals surface area contributed by atoms with Gasteiger partial charge >= 0.3 is 18.2 Å². The van der Waals surface area contributed by atoms with Crippen molar-refractivity contribution < 1.29 is 36.6 Å². The van der Waals surface area contributed by atoms with Crippen LogP contribution in [-0.4, -0.2) is 33.3 Å². The van der Waals surface area contributed by atoms with Crippen LogP contribution in [0.25, 0.3) is 0 Å². The first-order valence-corrected chi connectivity index (χ1v) is 9.19. The number of benzene rings is 1. The molecule has 0 saturated heterocycles. The number of amides is 2. The van der Waals surface area contributed by atoms with Crippen molar-refractivity contribution in [2.45, 2.75) is 12.2 Å². The Morgan fingerprint density at radius 2 is 1.73 bits per heavy atom. The molecule has 0 aliphatic rings. The van der Waals surface area contributed by atoms with Gasteiger partial charge in [0.1, 0.15) is 23.4 Å². The summed E-state index contributed by atoms with van der Waals surface area (Å²) in [5.41, 5.74) is 0.645. The second-order valence-electron chi connectivity index (χ2n) is 6.15. The fraction of sp³-hybridized carbons (Fsp3) is 0.100. The number of anilines is 1. The van der Waals surface area contributed by atoms with Gasteiger partial charge in [0.2, 0.25) is 0 Å². The standard InChI is InChI=1S/C18H13ClF2N4O.C2HF3O2/c19-12-7-11(8-13(20)9-12)16(17-15(21)4-2-6-23-17)25-18(26)24-14-3-1-5-22-10-14;3-2(4,5)1(6)7/h1-10,16H,(H2,24,25,26);(H,6,7). The quantitative estimate of drug-likeness (QED) is 0.451. The number of aromatic nitrogens is 2. The maximum absolute atomic E-state index is 14.2. The van der Waals surface area contributed by atoms with E-state index in [-0.39, 0.29) is 16.3 Å². The molecule has 33 heavy (non-hydrogen) atoms. The van der Waals surface area contributed by atoms with E-state index >= 15 is 0 Å². The van der Waals surface area contributed by atoms with Crippen molar-refractivity contribution in [3.8, 4) is 0 Å². The van der Waals surface area contributed by atoms with Crippen LogP contribution in [0.3, 0.4) is 0 Å². The van der Waals surface area contributed by atoms with Gasteiger partial charge in [-0.2, -0.15) is 13.2 Å². The number of pyridine rings is 2. The van der Waals surface area contributed by atoms with Gasteiger partial charge in [-0.05, 0) is 48.0 Å². The van der Waals surface area contributed by atoms with Crippen molar-refractivity contribution in [2.24, 2.45) is 0 Å². The smallest absolute Gasteiger partial charge is 0.475 e. The van der Waals surface area contributed by atoms with E-state index in [0.29, 0.717) is 5.69 Å². The molecule has 7 nitrogen and oxygen atoms in total. The van der Waals surface area contributed by atoms with Crippen LogP contribution in [0.1, 0.15) is 17.3 Å². The maximum atomic E-state index is 14.2. The van der Waals surface area contributed by atoms with Crippen molar-refractivity contribution in [1.29, 1.82) is 0 Å². The van der Waals surface area contributed by atoms with Gasteiger partial charge in [-0.25, -0.2) is 18.4 Å². The van der Waals surface area contributed by atoms with Gasteiger partial charge in [0.25, 0.3) is 0 Å². The molecule has 3 N–H and O–H groups in total. The average Bonchev–Trinajstić information content (AvgIpc) is 2.72. The summed E-state index contributed by atoms with van der Waals surface area (Å²) in [5.74, 6) is -4.00. The minimum atomic E-state index is -5.08. The molecule has 2 aromatic heterocycles. The number of halogens is 6. The summed E-state index contributed by atoms with van der Waals surface area (Å²) in [7, 11) is 0. The largest absolute Gasteiger partial charge is 0.490 e. The highest BCUT2D eigenvalue weighted by Gasteiger charge is 2.38. The van der Waals surface area contributed by atoms with E-state index in [1.807, 2.05) is 0 Å². The van der Waals surface area contributed by atoms with Gasteiger partial charge in [0, 0.05) is 17.4 Å². The summed E-state index contributed by atoms with van der Waals surface area (Å²) in [6.07, 6.45) is -0.689. The molecular formula is C20H14ClF5N4O3. The first-order valence-electron chi connectivity index (χ1n) is 8.81. The van der Waals surface area contributed by atoms with Gasteiger partial charge in [-0.3, -0.25) is 9.97 Å². The van der Waals surface area contributed by atoms with Crippen LogP contribution < -0.4 is 10.6 Å². The number of nitrogens with one attached hydrogen (secondary N) is 2. The molecule has 1 unspecified atom stereocenters. The Balaban J connectivity index is 0.000000479. The fourth-order valence-corrected chi connectivity index (χ4v) is 2.63. The van der Waals surface area contributed by atoms with Crippen LogP contribution >= 0.6 is 11.6 Å². The molecule has 174 valence electrons. The molecule has 0 radical (unpaired) electrons. The zero-order valence-electron chi connectivity index (χ0n) is 16.3. The monoisotopic (exact) mass is 488 g/mol. The number of carboxylic acids is 1. The van der Waals surface area contributed by atoms with E-state index < -0.39 is 35.9 Å². The minimum absolute atomic E-state index is 0.0597. The number of carbonyl (C=O) groups excluding carboxylic acids is 1. The van der Waals surface area contributed by atoms with Crippen LogP contribution in [-0.2, 0) is 4.79 Å². The molecule has 0 fully saturated rings. The Morgan fingerprint density at radius 1 is 1.06 bits per heavy atom. The molecular weight excluding hydrogens is 475 g/mol. The van der Waals surface area contributed by atoms with E-state index in [0.717, 1.165) is 12.1 Å². The third kappa shape index (κ3) is 8.00. The number of aliphatic carboxylic acids is 1. The first-order chi connectivity index (χ1) is 15.5. The molecule has 13 heteroatoms. The Labute approximate surface area is 188 Å². The summed E-state index contributed by atoms with van der Waals surface area (Å²) in [4.78, 5) is 29.1. The molecule has 1 atom stereocenters. The number of carboxylic acid groups (broad SMARTS) is 1. The highest BCUT2D eigenvalue weighted by molar-refractivity contribution is 6.30. The number of rotatable bonds is 4. The van der Waals surface area contributed by atoms with Crippen molar-refractivity contribution in [3.05, 3.63) is 89.0 Å². The van der Waals surface area contributed by atoms with Crippen LogP contribution in [0.4, 0.5) is 32.4 Å². The van der Waals surface area contributed by atoms with E-state index in [1.54, 1.807) is 18.3 Å². The van der Waals surface area contributed by atoms with Crippen molar-refractivity contribution >= 4 is 29.3 Å². The van der Waals surface area contributed by atoms with E-state index in [1.165, 1.54) is 30.6 Å². The van der Waals surface area contributed by atoms with E-state index in [4.69, 9.17) is 21.5 Å². The van der Waals surface area contributed by atoms with Crippen molar-refractivity contribution in [2.75, 3.05) is 5.32 Å². The van der Waals surface area contributed by atoms with Crippen LogP contribution in [0.2, 0.25) is 5.02 Å². The Kier molecular flexibility index (Phi) is 8.63. The van der Waals surface area contributed by atoms with Crippen LogP contribution in [0.5, 0.6) is 0 Å². The highest BCUT2D eigenvalue weighted by Crippen LogP contribution is 2.26. The molecule has 0 spiro atoms. The lowest BCUT2D eigenvalue weighted by Crippen LogP contribution is -2.34. The first kappa shape index (κ1) is 25.5. The normalized spacial score (nSPS) is 11.6. The Hall–Kier alpha value is -3.80. The average molecular weight is 489 g/mol. The maximum Gasteiger partial charge on any atom is 0.490 e. The SMILES string of the molecule is O=C(Nc1cccnc1)NC(c1cc(F)cc(Cl)c1)c1ncccc1F.O=C(O)C(F)(F)F. The zero-order chi connectivity index (χ0) is 24.6. The van der Waals surface area contributed by atoms with Gasteiger partial charge in [0.05, 0.1) is 11.9 Å². The summed E-state index contributed by atoms with van der Waals surface area (Å²) < 4.78 is 59.7. The Bertz CT molecular complexity index is 1100. The summed E-state index contributed by atoms with van der Waals surface area (Å²) in [5, 5.41) is 12.4. The lowest BCUT2D eigenvalue weighted by atomic mass is 10.0. The van der Waals surface area contributed by atoms with Crippen molar-refractivity contribution in [3.63, 3.8) is 0 Å². The van der Waals surface area contributed by atoms with Gasteiger partial charge in [-0.1, -0.05) is 11.6 Å².